The van der Waals surface area contributed by atoms with Crippen molar-refractivity contribution in [2.45, 2.75) is 52.0 Å². The van der Waals surface area contributed by atoms with Gasteiger partial charge in [-0.2, -0.15) is 0 Å². The molecule has 1 aliphatic heterocycles. The van der Waals surface area contributed by atoms with Gasteiger partial charge in [-0.25, -0.2) is 0 Å². The van der Waals surface area contributed by atoms with E-state index in [2.05, 4.69) is 20.8 Å². The predicted octanol–water partition coefficient (Wildman–Crippen LogP) is 5.22. The molecule has 1 atom stereocenters. The highest BCUT2D eigenvalue weighted by atomic mass is 16.5. The molecule has 1 heterocycles. The molecule has 2 aromatic rings. The number of likely N-dealkylation sites (tertiary alicyclic amines) is 1. The van der Waals surface area contributed by atoms with E-state index in [0.29, 0.717) is 23.6 Å². The molecular weight excluding hydrogens is 418 g/mol. The first-order valence-electron chi connectivity index (χ1n) is 11.2. The molecule has 1 saturated heterocycles. The van der Waals surface area contributed by atoms with Crippen molar-refractivity contribution in [1.29, 1.82) is 0 Å². The minimum absolute atomic E-state index is 0.0288. The Hall–Kier alpha value is -3.28. The van der Waals surface area contributed by atoms with Crippen LogP contribution >= 0.6 is 0 Å². The average molecular weight is 452 g/mol. The number of ketones is 1. The van der Waals surface area contributed by atoms with Crippen LogP contribution < -0.4 is 9.47 Å². The zero-order valence-electron chi connectivity index (χ0n) is 20.3. The summed E-state index contributed by atoms with van der Waals surface area (Å²) >= 11 is 0. The Morgan fingerprint density at radius 1 is 1.03 bits per heavy atom. The summed E-state index contributed by atoms with van der Waals surface area (Å²) in [6.07, 6.45) is 1.64. The second kappa shape index (κ2) is 9.69. The van der Waals surface area contributed by atoms with E-state index in [4.69, 9.17) is 9.47 Å². The van der Waals surface area contributed by atoms with E-state index in [1.54, 1.807) is 23.1 Å². The van der Waals surface area contributed by atoms with Gasteiger partial charge in [0.1, 0.15) is 17.3 Å². The van der Waals surface area contributed by atoms with E-state index < -0.39 is 17.7 Å². The van der Waals surface area contributed by atoms with Crippen LogP contribution in [-0.4, -0.2) is 42.5 Å². The Labute approximate surface area is 195 Å². The molecule has 6 heteroatoms. The summed E-state index contributed by atoms with van der Waals surface area (Å²) in [6.45, 7) is 8.86. The summed E-state index contributed by atoms with van der Waals surface area (Å²) in [5.41, 5.74) is 2.31. The van der Waals surface area contributed by atoms with Crippen molar-refractivity contribution in [3.63, 3.8) is 0 Å². The molecular formula is C27H33NO5. The van der Waals surface area contributed by atoms with Gasteiger partial charge < -0.3 is 19.5 Å². The van der Waals surface area contributed by atoms with E-state index in [-0.39, 0.29) is 16.7 Å². The second-order valence-electron chi connectivity index (χ2n) is 9.28. The fourth-order valence-electron chi connectivity index (χ4n) is 4.09. The first-order valence-corrected chi connectivity index (χ1v) is 11.2. The summed E-state index contributed by atoms with van der Waals surface area (Å²) < 4.78 is 10.7. The molecule has 1 fully saturated rings. The Morgan fingerprint density at radius 2 is 1.70 bits per heavy atom. The van der Waals surface area contributed by atoms with Gasteiger partial charge in [0, 0.05) is 12.6 Å². The first-order chi connectivity index (χ1) is 15.6. The van der Waals surface area contributed by atoms with Crippen molar-refractivity contribution in [2.24, 2.45) is 0 Å². The van der Waals surface area contributed by atoms with Gasteiger partial charge in [0.25, 0.3) is 11.7 Å². The zero-order chi connectivity index (χ0) is 24.3. The largest absolute Gasteiger partial charge is 0.507 e. The van der Waals surface area contributed by atoms with Gasteiger partial charge in [-0.05, 0) is 35.1 Å². The number of unbranched alkanes of at least 4 members (excludes halogenated alkanes) is 1. The van der Waals surface area contributed by atoms with Crippen LogP contribution in [0.25, 0.3) is 5.76 Å². The smallest absolute Gasteiger partial charge is 0.295 e. The number of ether oxygens (including phenoxy) is 2. The third kappa shape index (κ3) is 4.75. The normalized spacial score (nSPS) is 18.0. The highest BCUT2D eigenvalue weighted by molar-refractivity contribution is 6.46. The number of nitrogens with zero attached hydrogens (tertiary/aromatic N) is 1. The quantitative estimate of drug-likeness (QED) is 0.355. The van der Waals surface area contributed by atoms with Gasteiger partial charge >= 0.3 is 0 Å². The van der Waals surface area contributed by atoms with Gasteiger partial charge in [-0.3, -0.25) is 9.59 Å². The van der Waals surface area contributed by atoms with Gasteiger partial charge in [-0.15, -0.1) is 0 Å². The fraction of sp³-hybridized carbons (Fsp3) is 0.407. The lowest BCUT2D eigenvalue weighted by Gasteiger charge is -2.26. The molecule has 33 heavy (non-hydrogen) atoms. The maximum Gasteiger partial charge on any atom is 0.295 e. The van der Waals surface area contributed by atoms with Gasteiger partial charge in [0.05, 0.1) is 31.4 Å². The monoisotopic (exact) mass is 451 g/mol. The summed E-state index contributed by atoms with van der Waals surface area (Å²) in [5, 5.41) is 11.3. The molecule has 0 saturated carbocycles. The molecule has 3 rings (SSSR count). The number of aliphatic hydroxyl groups excluding tert-OH is 1. The van der Waals surface area contributed by atoms with Crippen LogP contribution in [0.5, 0.6) is 11.5 Å². The summed E-state index contributed by atoms with van der Waals surface area (Å²) in [7, 11) is 3.02. The number of carbonyl (C=O) groups excluding carboxylic acids is 2. The lowest BCUT2D eigenvalue weighted by atomic mass is 9.85. The number of amides is 1. The molecule has 176 valence electrons. The van der Waals surface area contributed by atoms with E-state index in [1.165, 1.54) is 14.2 Å². The van der Waals surface area contributed by atoms with Crippen LogP contribution in [0.3, 0.4) is 0 Å². The lowest BCUT2D eigenvalue weighted by molar-refractivity contribution is -0.139. The maximum atomic E-state index is 13.2. The van der Waals surface area contributed by atoms with E-state index in [1.807, 2.05) is 31.2 Å². The van der Waals surface area contributed by atoms with Crippen molar-refractivity contribution in [1.82, 2.24) is 4.90 Å². The number of hydrogen-bond donors (Lipinski definition) is 1. The molecule has 0 radical (unpaired) electrons. The van der Waals surface area contributed by atoms with Gasteiger partial charge in [0.15, 0.2) is 0 Å². The van der Waals surface area contributed by atoms with Crippen LogP contribution in [-0.2, 0) is 15.0 Å². The molecule has 2 aromatic carbocycles. The highest BCUT2D eigenvalue weighted by Crippen LogP contribution is 2.42. The minimum atomic E-state index is -0.689. The van der Waals surface area contributed by atoms with Crippen molar-refractivity contribution in [2.75, 3.05) is 20.8 Å². The fourth-order valence-corrected chi connectivity index (χ4v) is 4.09. The zero-order valence-corrected chi connectivity index (χ0v) is 20.3. The predicted molar refractivity (Wildman–Crippen MR) is 129 cm³/mol. The van der Waals surface area contributed by atoms with E-state index in [0.717, 1.165) is 24.0 Å². The van der Waals surface area contributed by atoms with Crippen molar-refractivity contribution in [3.8, 4) is 11.5 Å². The number of hydrogen-bond acceptors (Lipinski definition) is 5. The Kier molecular flexibility index (Phi) is 7.15. The van der Waals surface area contributed by atoms with Crippen LogP contribution in [0.1, 0.15) is 63.3 Å². The van der Waals surface area contributed by atoms with Gasteiger partial charge in [-0.1, -0.05) is 58.4 Å². The number of rotatable bonds is 7. The van der Waals surface area contributed by atoms with Crippen molar-refractivity contribution >= 4 is 17.4 Å². The van der Waals surface area contributed by atoms with Crippen LogP contribution in [0.2, 0.25) is 0 Å². The third-order valence-corrected chi connectivity index (χ3v) is 6.05. The molecule has 1 N–H and O–H groups in total. The van der Waals surface area contributed by atoms with Crippen LogP contribution in [0.4, 0.5) is 0 Å². The first kappa shape index (κ1) is 24.4. The Morgan fingerprint density at radius 3 is 2.24 bits per heavy atom. The van der Waals surface area contributed by atoms with Crippen molar-refractivity contribution < 1.29 is 24.2 Å². The summed E-state index contributed by atoms with van der Waals surface area (Å²) in [6, 6.07) is 12.2. The molecule has 6 nitrogen and oxygen atoms in total. The van der Waals surface area contributed by atoms with E-state index >= 15 is 0 Å². The molecule has 1 unspecified atom stereocenters. The van der Waals surface area contributed by atoms with Crippen molar-refractivity contribution in [3.05, 3.63) is 64.7 Å². The Bertz CT molecular complexity index is 1060. The third-order valence-electron chi connectivity index (χ3n) is 6.05. The van der Waals surface area contributed by atoms with Crippen LogP contribution in [0, 0.1) is 0 Å². The number of Topliss-reactive ketones (excluding diaryl/α,β-unsaturated/α-hetero) is 1. The molecule has 1 aliphatic rings. The molecule has 0 spiro atoms. The molecule has 0 bridgehead atoms. The molecule has 0 aromatic heterocycles. The Balaban J connectivity index is 2.19. The lowest BCUT2D eigenvalue weighted by Crippen LogP contribution is -2.30. The van der Waals surface area contributed by atoms with Crippen LogP contribution in [0.15, 0.2) is 48.0 Å². The van der Waals surface area contributed by atoms with E-state index in [9.17, 15) is 14.7 Å². The number of aliphatic hydroxyl groups is 1. The standard InChI is InChI=1S/C27H33NO5/c1-7-8-15-28-23(17-9-11-18(12-10-17)27(2,3)4)22(25(30)26(28)31)24(29)20-14-13-19(32-5)16-21(20)33-6/h9-14,16,23,29H,7-8,15H2,1-6H3/b24-22-. The minimum Gasteiger partial charge on any atom is -0.507 e. The number of methoxy groups -OCH3 is 2. The molecule has 0 aliphatic carbocycles. The SMILES string of the molecule is CCCCN1C(=O)C(=O)/C(=C(\O)c2ccc(OC)cc2OC)C1c1ccc(C(C)(C)C)cc1. The highest BCUT2D eigenvalue weighted by Gasteiger charge is 2.46. The maximum absolute atomic E-state index is 13.2. The molecule has 1 amide bonds. The summed E-state index contributed by atoms with van der Waals surface area (Å²) in [5.74, 6) is -0.625. The average Bonchev–Trinajstić information content (AvgIpc) is 3.06. The van der Waals surface area contributed by atoms with Gasteiger partial charge in [0.2, 0.25) is 0 Å². The number of benzene rings is 2. The second-order valence-corrected chi connectivity index (χ2v) is 9.28. The number of carbonyl (C=O) groups is 2. The summed E-state index contributed by atoms with van der Waals surface area (Å²) in [4.78, 5) is 27.7. The topological polar surface area (TPSA) is 76.1 Å².